The van der Waals surface area contributed by atoms with Gasteiger partial charge in [-0.3, -0.25) is 29.6 Å². The van der Waals surface area contributed by atoms with E-state index in [-0.39, 0.29) is 25.4 Å². The fourth-order valence-electron chi connectivity index (χ4n) is 2.96. The van der Waals surface area contributed by atoms with Crippen molar-refractivity contribution in [2.45, 2.75) is 13.3 Å². The van der Waals surface area contributed by atoms with Crippen LogP contribution in [0.1, 0.15) is 24.5 Å². The largest absolute Gasteiger partial charge is 0.464 e. The molecular formula is C20H18ClN3O5. The number of ether oxygens (including phenoxy) is 1. The monoisotopic (exact) mass is 415 g/mol. The summed E-state index contributed by atoms with van der Waals surface area (Å²) in [5, 5.41) is 11.7. The van der Waals surface area contributed by atoms with Crippen molar-refractivity contribution in [2.24, 2.45) is 4.99 Å². The first-order valence-corrected chi connectivity index (χ1v) is 9.34. The Kier molecular flexibility index (Phi) is 6.23. The van der Waals surface area contributed by atoms with E-state index in [1.807, 2.05) is 6.92 Å². The van der Waals surface area contributed by atoms with Crippen LogP contribution in [-0.2, 0) is 14.3 Å². The summed E-state index contributed by atoms with van der Waals surface area (Å²) in [7, 11) is 0. The summed E-state index contributed by atoms with van der Waals surface area (Å²) >= 11 is 6.31. The number of aliphatic imine (C=N–C) groups is 1. The lowest BCUT2D eigenvalue weighted by Crippen LogP contribution is -2.37. The van der Waals surface area contributed by atoms with Crippen LogP contribution in [-0.4, -0.2) is 42.2 Å². The predicted octanol–water partition coefficient (Wildman–Crippen LogP) is 3.39. The molecule has 0 aromatic heterocycles. The van der Waals surface area contributed by atoms with Gasteiger partial charge in [-0.25, -0.2) is 0 Å². The Bertz CT molecular complexity index is 1010. The molecule has 9 heteroatoms. The Morgan fingerprint density at radius 2 is 2.03 bits per heavy atom. The van der Waals surface area contributed by atoms with Gasteiger partial charge in [-0.1, -0.05) is 36.7 Å². The third-order valence-electron chi connectivity index (χ3n) is 4.29. The minimum absolute atomic E-state index is 0.161. The van der Waals surface area contributed by atoms with Crippen molar-refractivity contribution in [1.82, 2.24) is 0 Å². The van der Waals surface area contributed by atoms with Crippen LogP contribution in [0.3, 0.4) is 0 Å². The number of non-ortho nitro benzene ring substituents is 1. The standard InChI is InChI=1S/C20H18ClN3O5/c1-2-9-29-19(26)12-23-17-8-7-13(24(27)28)10-15(17)20(22-11-18(23)25)14-5-3-4-6-16(14)21/h3-8,10H,2,9,11-12H2,1H3. The highest BCUT2D eigenvalue weighted by molar-refractivity contribution is 6.36. The normalized spacial score (nSPS) is 13.4. The molecular weight excluding hydrogens is 398 g/mol. The van der Waals surface area contributed by atoms with Crippen LogP contribution < -0.4 is 4.90 Å². The first-order chi connectivity index (χ1) is 13.9. The number of esters is 1. The van der Waals surface area contributed by atoms with Gasteiger partial charge in [0, 0.05) is 28.3 Å². The third kappa shape index (κ3) is 4.43. The average Bonchev–Trinajstić information content (AvgIpc) is 2.83. The van der Waals surface area contributed by atoms with Crippen molar-refractivity contribution < 1.29 is 19.2 Å². The summed E-state index contributed by atoms with van der Waals surface area (Å²) in [5.74, 6) is -0.985. The number of hydrogen-bond donors (Lipinski definition) is 0. The number of rotatable bonds is 6. The van der Waals surface area contributed by atoms with Gasteiger partial charge >= 0.3 is 5.97 Å². The molecule has 0 N–H and O–H groups in total. The Morgan fingerprint density at radius 3 is 2.72 bits per heavy atom. The Labute approximate surface area is 171 Å². The van der Waals surface area contributed by atoms with E-state index >= 15 is 0 Å². The average molecular weight is 416 g/mol. The molecule has 1 aliphatic rings. The highest BCUT2D eigenvalue weighted by atomic mass is 35.5. The number of anilines is 1. The van der Waals surface area contributed by atoms with E-state index in [9.17, 15) is 19.7 Å². The predicted molar refractivity (Wildman–Crippen MR) is 109 cm³/mol. The Morgan fingerprint density at radius 1 is 1.28 bits per heavy atom. The van der Waals surface area contributed by atoms with Crippen molar-refractivity contribution in [3.05, 3.63) is 68.7 Å². The van der Waals surface area contributed by atoms with Crippen LogP contribution in [0.25, 0.3) is 0 Å². The zero-order chi connectivity index (χ0) is 21.0. The van der Waals surface area contributed by atoms with Crippen LogP contribution in [0.2, 0.25) is 5.02 Å². The molecule has 0 fully saturated rings. The number of nitro groups is 1. The second-order valence-corrected chi connectivity index (χ2v) is 6.71. The molecule has 29 heavy (non-hydrogen) atoms. The maximum atomic E-state index is 12.7. The third-order valence-corrected chi connectivity index (χ3v) is 4.62. The first-order valence-electron chi connectivity index (χ1n) is 8.96. The summed E-state index contributed by atoms with van der Waals surface area (Å²) in [6.07, 6.45) is 0.655. The molecule has 2 aromatic rings. The highest BCUT2D eigenvalue weighted by Gasteiger charge is 2.29. The number of benzodiazepines with no additional fused rings is 1. The molecule has 0 bridgehead atoms. The number of carbonyl (C=O) groups is 2. The Hall–Kier alpha value is -3.26. The van der Waals surface area contributed by atoms with Gasteiger partial charge in [0.2, 0.25) is 5.91 Å². The summed E-state index contributed by atoms with van der Waals surface area (Å²) in [6, 6.07) is 11.0. The first kappa shape index (κ1) is 20.5. The van der Waals surface area contributed by atoms with Crippen molar-refractivity contribution in [3.8, 4) is 0 Å². The molecule has 1 amide bonds. The van der Waals surface area contributed by atoms with Crippen LogP contribution in [0, 0.1) is 10.1 Å². The molecule has 8 nitrogen and oxygen atoms in total. The number of nitrogens with zero attached hydrogens (tertiary/aromatic N) is 3. The minimum atomic E-state index is -0.564. The molecule has 0 unspecified atom stereocenters. The number of hydrogen-bond acceptors (Lipinski definition) is 6. The summed E-state index contributed by atoms with van der Waals surface area (Å²) in [5.41, 5.74) is 1.42. The molecule has 0 atom stereocenters. The highest BCUT2D eigenvalue weighted by Crippen LogP contribution is 2.32. The van der Waals surface area contributed by atoms with E-state index in [4.69, 9.17) is 16.3 Å². The summed E-state index contributed by atoms with van der Waals surface area (Å²) < 4.78 is 5.09. The van der Waals surface area contributed by atoms with E-state index in [2.05, 4.69) is 4.99 Å². The van der Waals surface area contributed by atoms with Gasteiger partial charge in [0.05, 0.1) is 22.9 Å². The summed E-state index contributed by atoms with van der Waals surface area (Å²) in [6.45, 7) is 1.57. The van der Waals surface area contributed by atoms with Gasteiger partial charge < -0.3 is 4.74 Å². The molecule has 2 aromatic carbocycles. The molecule has 0 spiro atoms. The van der Waals surface area contributed by atoms with Gasteiger partial charge in [0.1, 0.15) is 13.1 Å². The minimum Gasteiger partial charge on any atom is -0.464 e. The van der Waals surface area contributed by atoms with Gasteiger partial charge in [-0.15, -0.1) is 0 Å². The van der Waals surface area contributed by atoms with Crippen molar-refractivity contribution in [2.75, 3.05) is 24.6 Å². The molecule has 1 aliphatic heterocycles. The SMILES string of the molecule is CCCOC(=O)CN1C(=O)CN=C(c2ccccc2Cl)c2cc([N+](=O)[O-])ccc21. The van der Waals surface area contributed by atoms with Crippen LogP contribution >= 0.6 is 11.6 Å². The number of nitro benzene ring substituents is 1. The van der Waals surface area contributed by atoms with E-state index in [0.29, 0.717) is 34.0 Å². The van der Waals surface area contributed by atoms with Crippen molar-refractivity contribution in [3.63, 3.8) is 0 Å². The zero-order valence-corrected chi connectivity index (χ0v) is 16.4. The Balaban J connectivity index is 2.12. The maximum absolute atomic E-state index is 12.7. The topological polar surface area (TPSA) is 102 Å². The number of halogens is 1. The molecule has 0 saturated heterocycles. The second-order valence-electron chi connectivity index (χ2n) is 6.30. The molecule has 0 aliphatic carbocycles. The van der Waals surface area contributed by atoms with E-state index in [1.165, 1.54) is 23.1 Å². The second kappa shape index (κ2) is 8.83. The summed E-state index contributed by atoms with van der Waals surface area (Å²) in [4.78, 5) is 41.2. The van der Waals surface area contributed by atoms with Crippen LogP contribution in [0.4, 0.5) is 11.4 Å². The number of fused-ring (bicyclic) bond motifs is 1. The molecule has 0 radical (unpaired) electrons. The van der Waals surface area contributed by atoms with Gasteiger partial charge in [-0.2, -0.15) is 0 Å². The van der Waals surface area contributed by atoms with Crippen molar-refractivity contribution >= 4 is 40.6 Å². The molecule has 150 valence electrons. The van der Waals surface area contributed by atoms with Crippen molar-refractivity contribution in [1.29, 1.82) is 0 Å². The fourth-order valence-corrected chi connectivity index (χ4v) is 3.19. The van der Waals surface area contributed by atoms with Crippen LogP contribution in [0.5, 0.6) is 0 Å². The number of carbonyl (C=O) groups excluding carboxylic acids is 2. The van der Waals surface area contributed by atoms with E-state index in [1.54, 1.807) is 24.3 Å². The molecule has 1 heterocycles. The maximum Gasteiger partial charge on any atom is 0.326 e. The number of amides is 1. The quantitative estimate of drug-likeness (QED) is 0.409. The molecule has 3 rings (SSSR count). The zero-order valence-electron chi connectivity index (χ0n) is 15.6. The van der Waals surface area contributed by atoms with E-state index < -0.39 is 16.8 Å². The van der Waals surface area contributed by atoms with Crippen LogP contribution in [0.15, 0.2) is 47.5 Å². The lowest BCUT2D eigenvalue weighted by Gasteiger charge is -2.22. The fraction of sp³-hybridized carbons (Fsp3) is 0.250. The lowest BCUT2D eigenvalue weighted by molar-refractivity contribution is -0.384. The van der Waals surface area contributed by atoms with Gasteiger partial charge in [0.15, 0.2) is 0 Å². The van der Waals surface area contributed by atoms with Gasteiger partial charge in [-0.05, 0) is 18.6 Å². The lowest BCUT2D eigenvalue weighted by atomic mass is 9.99. The number of benzene rings is 2. The van der Waals surface area contributed by atoms with E-state index in [0.717, 1.165) is 0 Å². The smallest absolute Gasteiger partial charge is 0.326 e. The molecule has 0 saturated carbocycles. The van der Waals surface area contributed by atoms with Gasteiger partial charge in [0.25, 0.3) is 5.69 Å².